The molecule has 8 nitrogen and oxygen atoms in total. The van der Waals surface area contributed by atoms with Crippen LogP contribution < -0.4 is 21.9 Å². The Morgan fingerprint density at radius 3 is 2.83 bits per heavy atom. The standard InChI is InChI=1S/C21H25ClN6O2/c1-11-17(23)21(10-30-11)5-8-28(9-6-21)20-26-14-3-2-12(15(14)19(29)27-20)13-4-7-25-18(24)16(13)22/h2,4,7,11,17H,3,5-6,8-10,23H2,1H3,(H2,24,25)(H,26,27,29)/t11-,17+/m0/s1. The summed E-state index contributed by atoms with van der Waals surface area (Å²) in [5.74, 6) is 0.860. The summed E-state index contributed by atoms with van der Waals surface area (Å²) in [6.07, 6.45) is 6.08. The van der Waals surface area contributed by atoms with Gasteiger partial charge in [0.15, 0.2) is 0 Å². The zero-order valence-corrected chi connectivity index (χ0v) is 17.6. The lowest BCUT2D eigenvalue weighted by Gasteiger charge is -2.41. The monoisotopic (exact) mass is 428 g/mol. The molecule has 2 aromatic heterocycles. The highest BCUT2D eigenvalue weighted by atomic mass is 35.5. The molecule has 1 aliphatic carbocycles. The minimum Gasteiger partial charge on any atom is -0.382 e. The van der Waals surface area contributed by atoms with E-state index in [9.17, 15) is 4.79 Å². The fourth-order valence-electron chi connectivity index (χ4n) is 4.93. The zero-order valence-electron chi connectivity index (χ0n) is 16.8. The number of nitrogens with zero attached hydrogens (tertiary/aromatic N) is 3. The van der Waals surface area contributed by atoms with Crippen LogP contribution in [-0.2, 0) is 11.2 Å². The Morgan fingerprint density at radius 1 is 1.37 bits per heavy atom. The number of nitrogens with one attached hydrogen (secondary N) is 1. The number of aromatic nitrogens is 3. The van der Waals surface area contributed by atoms with E-state index in [1.807, 2.05) is 13.0 Å². The van der Waals surface area contributed by atoms with Gasteiger partial charge in [0, 0.05) is 42.7 Å². The number of fused-ring (bicyclic) bond motifs is 1. The smallest absolute Gasteiger partial charge is 0.260 e. The molecule has 2 saturated heterocycles. The molecule has 1 spiro atoms. The number of allylic oxidation sites excluding steroid dienone is 1. The zero-order chi connectivity index (χ0) is 21.0. The number of halogens is 1. The summed E-state index contributed by atoms with van der Waals surface area (Å²) in [5, 5.41) is 0.353. The van der Waals surface area contributed by atoms with Gasteiger partial charge in [-0.05, 0) is 31.4 Å². The molecule has 5 rings (SSSR count). The molecule has 2 atom stereocenters. The number of H-pyrrole nitrogens is 1. The molecule has 5 N–H and O–H groups in total. The first kappa shape index (κ1) is 19.5. The second-order valence-electron chi connectivity index (χ2n) is 8.48. The van der Waals surface area contributed by atoms with Crippen LogP contribution in [0.15, 0.2) is 23.1 Å². The molecule has 30 heavy (non-hydrogen) atoms. The molecule has 0 bridgehead atoms. The van der Waals surface area contributed by atoms with Crippen LogP contribution >= 0.6 is 11.6 Å². The predicted molar refractivity (Wildman–Crippen MR) is 117 cm³/mol. The molecule has 0 amide bonds. The van der Waals surface area contributed by atoms with Crippen molar-refractivity contribution in [2.75, 3.05) is 30.3 Å². The number of ether oxygens (including phenoxy) is 1. The van der Waals surface area contributed by atoms with E-state index in [1.165, 1.54) is 0 Å². The normalized spacial score (nSPS) is 24.9. The van der Waals surface area contributed by atoms with Gasteiger partial charge < -0.3 is 21.1 Å². The Labute approximate surface area is 179 Å². The summed E-state index contributed by atoms with van der Waals surface area (Å²) < 4.78 is 5.80. The van der Waals surface area contributed by atoms with E-state index >= 15 is 0 Å². The molecular formula is C21H25ClN6O2. The van der Waals surface area contributed by atoms with E-state index in [2.05, 4.69) is 14.9 Å². The van der Waals surface area contributed by atoms with Crippen molar-refractivity contribution >= 4 is 28.9 Å². The van der Waals surface area contributed by atoms with Crippen molar-refractivity contribution in [1.29, 1.82) is 0 Å². The lowest BCUT2D eigenvalue weighted by molar-refractivity contribution is 0.0973. The van der Waals surface area contributed by atoms with Crippen LogP contribution in [0.2, 0.25) is 5.02 Å². The maximum atomic E-state index is 13.0. The minimum atomic E-state index is -0.167. The van der Waals surface area contributed by atoms with Crippen LogP contribution in [-0.4, -0.2) is 46.8 Å². The highest BCUT2D eigenvalue weighted by molar-refractivity contribution is 6.34. The van der Waals surface area contributed by atoms with Crippen LogP contribution in [0.25, 0.3) is 5.57 Å². The Hall–Kier alpha value is -2.42. The fourth-order valence-corrected chi connectivity index (χ4v) is 5.15. The molecule has 2 aromatic rings. The number of piperidine rings is 1. The highest BCUT2D eigenvalue weighted by Gasteiger charge is 2.47. The maximum Gasteiger partial charge on any atom is 0.260 e. The SMILES string of the molecule is C[C@@H]1OCC2(CCN(c3nc4c(c(=O)[nH]3)C(c3ccnc(N)c3Cl)=CC4)CC2)[C@@H]1N. The molecular weight excluding hydrogens is 404 g/mol. The first-order valence-electron chi connectivity index (χ1n) is 10.3. The van der Waals surface area contributed by atoms with Crippen LogP contribution in [0.3, 0.4) is 0 Å². The van der Waals surface area contributed by atoms with Gasteiger partial charge in [0.1, 0.15) is 5.82 Å². The first-order valence-corrected chi connectivity index (χ1v) is 10.6. The number of rotatable bonds is 2. The van der Waals surface area contributed by atoms with E-state index in [0.29, 0.717) is 35.1 Å². The van der Waals surface area contributed by atoms with Gasteiger partial charge in [0.25, 0.3) is 5.56 Å². The number of pyridine rings is 1. The van der Waals surface area contributed by atoms with Crippen LogP contribution in [0.4, 0.5) is 11.8 Å². The van der Waals surface area contributed by atoms with Crippen molar-refractivity contribution in [3.05, 3.63) is 50.5 Å². The topological polar surface area (TPSA) is 123 Å². The second-order valence-corrected chi connectivity index (χ2v) is 8.86. The number of hydrogen-bond acceptors (Lipinski definition) is 7. The van der Waals surface area contributed by atoms with Crippen molar-refractivity contribution in [3.8, 4) is 0 Å². The third kappa shape index (κ3) is 2.93. The molecule has 2 aliphatic heterocycles. The molecule has 158 valence electrons. The van der Waals surface area contributed by atoms with E-state index in [1.54, 1.807) is 12.3 Å². The lowest BCUT2D eigenvalue weighted by atomic mass is 9.73. The van der Waals surface area contributed by atoms with Gasteiger partial charge in [-0.3, -0.25) is 9.78 Å². The second kappa shape index (κ2) is 7.08. The third-order valence-corrected chi connectivity index (χ3v) is 7.26. The summed E-state index contributed by atoms with van der Waals surface area (Å²) in [6, 6.07) is 1.82. The van der Waals surface area contributed by atoms with Gasteiger partial charge in [-0.2, -0.15) is 0 Å². The van der Waals surface area contributed by atoms with Crippen molar-refractivity contribution in [2.45, 2.75) is 38.3 Å². The largest absolute Gasteiger partial charge is 0.382 e. The Morgan fingerprint density at radius 2 is 2.13 bits per heavy atom. The van der Waals surface area contributed by atoms with Gasteiger partial charge in [0.05, 0.1) is 29.0 Å². The fraction of sp³-hybridized carbons (Fsp3) is 0.476. The number of nitrogens with two attached hydrogens (primary N) is 2. The van der Waals surface area contributed by atoms with Gasteiger partial charge in [-0.15, -0.1) is 0 Å². The maximum absolute atomic E-state index is 13.0. The number of nitrogen functional groups attached to an aromatic ring is 1. The van der Waals surface area contributed by atoms with E-state index < -0.39 is 0 Å². The van der Waals surface area contributed by atoms with Crippen molar-refractivity contribution in [3.63, 3.8) is 0 Å². The average molecular weight is 429 g/mol. The number of hydrogen-bond donors (Lipinski definition) is 3. The van der Waals surface area contributed by atoms with E-state index in [4.69, 9.17) is 32.8 Å². The van der Waals surface area contributed by atoms with Crippen molar-refractivity contribution in [1.82, 2.24) is 15.0 Å². The minimum absolute atomic E-state index is 0.0275. The molecule has 0 aromatic carbocycles. The molecule has 2 fully saturated rings. The third-order valence-electron chi connectivity index (χ3n) is 6.86. The van der Waals surface area contributed by atoms with E-state index in [-0.39, 0.29) is 28.9 Å². The number of aromatic amines is 1. The lowest BCUT2D eigenvalue weighted by Crippen LogP contribution is -2.51. The first-order chi connectivity index (χ1) is 14.4. The molecule has 0 unspecified atom stereocenters. The van der Waals surface area contributed by atoms with Crippen molar-refractivity contribution < 1.29 is 4.74 Å². The molecule has 4 heterocycles. The van der Waals surface area contributed by atoms with Crippen LogP contribution in [0, 0.1) is 5.41 Å². The molecule has 0 radical (unpaired) electrons. The molecule has 0 saturated carbocycles. The summed E-state index contributed by atoms with van der Waals surface area (Å²) in [5.41, 5.74) is 14.9. The van der Waals surface area contributed by atoms with Gasteiger partial charge in [0.2, 0.25) is 5.95 Å². The summed E-state index contributed by atoms with van der Waals surface area (Å²) >= 11 is 6.34. The summed E-state index contributed by atoms with van der Waals surface area (Å²) in [4.78, 5) is 26.9. The quantitative estimate of drug-likeness (QED) is 0.665. The van der Waals surface area contributed by atoms with Gasteiger partial charge >= 0.3 is 0 Å². The van der Waals surface area contributed by atoms with E-state index in [0.717, 1.165) is 37.2 Å². The molecule has 9 heteroatoms. The Balaban J connectivity index is 1.40. The van der Waals surface area contributed by atoms with Crippen LogP contribution in [0.1, 0.15) is 36.6 Å². The van der Waals surface area contributed by atoms with Crippen LogP contribution in [0.5, 0.6) is 0 Å². The summed E-state index contributed by atoms with van der Waals surface area (Å²) in [6.45, 7) is 4.33. The Kier molecular flexibility index (Phi) is 4.61. The Bertz CT molecular complexity index is 1090. The summed E-state index contributed by atoms with van der Waals surface area (Å²) in [7, 11) is 0. The van der Waals surface area contributed by atoms with Gasteiger partial charge in [-0.1, -0.05) is 17.7 Å². The molecule has 3 aliphatic rings. The van der Waals surface area contributed by atoms with Crippen molar-refractivity contribution in [2.24, 2.45) is 11.1 Å². The highest BCUT2D eigenvalue weighted by Crippen LogP contribution is 2.42. The predicted octanol–water partition coefficient (Wildman–Crippen LogP) is 1.72. The number of anilines is 2. The van der Waals surface area contributed by atoms with Gasteiger partial charge in [-0.25, -0.2) is 9.97 Å². The average Bonchev–Trinajstić information content (AvgIpc) is 3.28.